The van der Waals surface area contributed by atoms with Crippen LogP contribution in [0.2, 0.25) is 0 Å². The highest BCUT2D eigenvalue weighted by molar-refractivity contribution is 7.90. The summed E-state index contributed by atoms with van der Waals surface area (Å²) in [6.07, 6.45) is 7.22. The number of aromatic nitrogens is 1. The number of rotatable bonds is 6. The van der Waals surface area contributed by atoms with Gasteiger partial charge in [0.15, 0.2) is 9.84 Å². The zero-order valence-corrected chi connectivity index (χ0v) is 22.0. The lowest BCUT2D eigenvalue weighted by Crippen LogP contribution is -2.49. The molecule has 2 aromatic rings. The lowest BCUT2D eigenvalue weighted by molar-refractivity contribution is 0.0742. The van der Waals surface area contributed by atoms with E-state index in [2.05, 4.69) is 11.0 Å². The van der Waals surface area contributed by atoms with Crippen molar-refractivity contribution in [1.29, 1.82) is 0 Å². The maximum Gasteiger partial charge on any atom is 0.414 e. The molecule has 0 radical (unpaired) electrons. The normalized spacial score (nSPS) is 22.4. The van der Waals surface area contributed by atoms with Crippen LogP contribution in [0.5, 0.6) is 0 Å². The predicted molar refractivity (Wildman–Crippen MR) is 139 cm³/mol. The molecular formula is C27H32N4O5S. The van der Waals surface area contributed by atoms with Crippen LogP contribution in [0.4, 0.5) is 16.3 Å². The molecule has 37 heavy (non-hydrogen) atoms. The molecule has 2 saturated carbocycles. The molecule has 4 fully saturated rings. The van der Waals surface area contributed by atoms with Crippen molar-refractivity contribution in [2.75, 3.05) is 48.8 Å². The summed E-state index contributed by atoms with van der Waals surface area (Å²) < 4.78 is 30.5. The average Bonchev–Trinajstić information content (AvgIpc) is 3.80. The standard InChI is InChI=1S/C27H32N4O5S/c1-17-16-31(27(33)36-17)21-7-8-22(24(14-21)37(2,34)35)26(32)30-11-9-29(10-12-30)25-23(19-5-6-19)13-20(15-28-25)18-3-4-18/h7-8,13-15,17-19H,3-6,9-12,16H2,1-2H3. The van der Waals surface area contributed by atoms with E-state index in [1.165, 1.54) is 53.8 Å². The van der Waals surface area contributed by atoms with Gasteiger partial charge in [-0.1, -0.05) is 6.07 Å². The largest absolute Gasteiger partial charge is 0.444 e. The third-order valence-corrected chi connectivity index (χ3v) is 8.85. The molecular weight excluding hydrogens is 492 g/mol. The molecule has 3 heterocycles. The van der Waals surface area contributed by atoms with Gasteiger partial charge in [-0.25, -0.2) is 18.2 Å². The maximum atomic E-state index is 13.5. The van der Waals surface area contributed by atoms with E-state index in [0.29, 0.717) is 50.2 Å². The second kappa shape index (κ2) is 9.01. The quantitative estimate of drug-likeness (QED) is 0.570. The zero-order valence-electron chi connectivity index (χ0n) is 21.2. The van der Waals surface area contributed by atoms with E-state index in [1.54, 1.807) is 17.9 Å². The Labute approximate surface area is 217 Å². The Kier molecular flexibility index (Phi) is 5.89. The van der Waals surface area contributed by atoms with Crippen molar-refractivity contribution in [3.8, 4) is 0 Å². The first-order valence-electron chi connectivity index (χ1n) is 13.1. The maximum absolute atomic E-state index is 13.5. The molecule has 0 N–H and O–H groups in total. The minimum Gasteiger partial charge on any atom is -0.444 e. The first-order valence-corrected chi connectivity index (χ1v) is 14.9. The molecule has 1 aromatic carbocycles. The van der Waals surface area contributed by atoms with Gasteiger partial charge in [0.25, 0.3) is 5.91 Å². The van der Waals surface area contributed by atoms with E-state index < -0.39 is 15.9 Å². The average molecular weight is 525 g/mol. The minimum absolute atomic E-state index is 0.0712. The van der Waals surface area contributed by atoms with E-state index in [9.17, 15) is 18.0 Å². The monoisotopic (exact) mass is 524 g/mol. The number of pyridine rings is 1. The molecule has 6 rings (SSSR count). The SMILES string of the molecule is CC1CN(c2ccc(C(=O)N3CCN(c4ncc(C5CC5)cc4C4CC4)CC3)c(S(C)(=O)=O)c2)C(=O)O1. The van der Waals surface area contributed by atoms with Gasteiger partial charge in [0.2, 0.25) is 0 Å². The number of nitrogens with zero attached hydrogens (tertiary/aromatic N) is 4. The Morgan fingerprint density at radius 3 is 2.32 bits per heavy atom. The second-order valence-electron chi connectivity index (χ2n) is 10.8. The Morgan fingerprint density at radius 2 is 1.73 bits per heavy atom. The van der Waals surface area contributed by atoms with Crippen LogP contribution in [0.3, 0.4) is 0 Å². The molecule has 1 aromatic heterocycles. The van der Waals surface area contributed by atoms with Gasteiger partial charge in [-0.3, -0.25) is 9.69 Å². The molecule has 0 spiro atoms. The Bertz CT molecular complexity index is 1360. The molecule has 2 saturated heterocycles. The van der Waals surface area contributed by atoms with Gasteiger partial charge in [0, 0.05) is 44.3 Å². The van der Waals surface area contributed by atoms with E-state index in [1.807, 2.05) is 6.20 Å². The van der Waals surface area contributed by atoms with E-state index in [4.69, 9.17) is 9.72 Å². The number of benzene rings is 1. The van der Waals surface area contributed by atoms with Gasteiger partial charge in [0.1, 0.15) is 11.9 Å². The number of hydrogen-bond donors (Lipinski definition) is 0. The van der Waals surface area contributed by atoms with Gasteiger partial charge in [-0.2, -0.15) is 0 Å². The molecule has 2 aliphatic heterocycles. The Balaban J connectivity index is 1.20. The summed E-state index contributed by atoms with van der Waals surface area (Å²) in [6, 6.07) is 6.89. The first kappa shape index (κ1) is 24.2. The van der Waals surface area contributed by atoms with Crippen LogP contribution in [0.1, 0.15) is 65.9 Å². The third kappa shape index (κ3) is 4.79. The summed E-state index contributed by atoms with van der Waals surface area (Å²) in [5, 5.41) is 0. The smallest absolute Gasteiger partial charge is 0.414 e. The fourth-order valence-electron chi connectivity index (χ4n) is 5.36. The number of anilines is 2. The fraction of sp³-hybridized carbons (Fsp3) is 0.519. The number of hydrogen-bond acceptors (Lipinski definition) is 7. The zero-order chi connectivity index (χ0) is 25.9. The summed E-state index contributed by atoms with van der Waals surface area (Å²) >= 11 is 0. The van der Waals surface area contributed by atoms with Crippen molar-refractivity contribution >= 4 is 33.3 Å². The topological polar surface area (TPSA) is 100 Å². The second-order valence-corrected chi connectivity index (χ2v) is 12.8. The number of cyclic esters (lactones) is 1. The number of carbonyl (C=O) groups is 2. The first-order chi connectivity index (χ1) is 17.7. The van der Waals surface area contributed by atoms with Crippen molar-refractivity contribution in [2.45, 2.75) is 55.4 Å². The Hall–Kier alpha value is -3.14. The van der Waals surface area contributed by atoms with Gasteiger partial charge in [0.05, 0.1) is 17.0 Å². The molecule has 2 amide bonds. The highest BCUT2D eigenvalue weighted by atomic mass is 32.2. The summed E-state index contributed by atoms with van der Waals surface area (Å²) in [5.41, 5.74) is 3.23. The number of ether oxygens (including phenoxy) is 1. The predicted octanol–water partition coefficient (Wildman–Crippen LogP) is 3.55. The lowest BCUT2D eigenvalue weighted by atomic mass is 10.1. The highest BCUT2D eigenvalue weighted by Crippen LogP contribution is 2.47. The fourth-order valence-corrected chi connectivity index (χ4v) is 6.25. The summed E-state index contributed by atoms with van der Waals surface area (Å²) in [6.45, 7) is 4.36. The highest BCUT2D eigenvalue weighted by Gasteiger charge is 2.35. The molecule has 1 atom stereocenters. The molecule has 196 valence electrons. The van der Waals surface area contributed by atoms with Crippen LogP contribution in [-0.4, -0.2) is 75.4 Å². The van der Waals surface area contributed by atoms with Crippen molar-refractivity contribution in [1.82, 2.24) is 9.88 Å². The van der Waals surface area contributed by atoms with Crippen LogP contribution in [0.15, 0.2) is 35.4 Å². The summed E-state index contributed by atoms with van der Waals surface area (Å²) in [5.74, 6) is 1.98. The molecule has 2 aliphatic carbocycles. The molecule has 1 unspecified atom stereocenters. The number of piperazine rings is 1. The molecule has 9 nitrogen and oxygen atoms in total. The van der Waals surface area contributed by atoms with Crippen molar-refractivity contribution in [3.63, 3.8) is 0 Å². The Morgan fingerprint density at radius 1 is 1.03 bits per heavy atom. The van der Waals surface area contributed by atoms with Gasteiger partial charge >= 0.3 is 6.09 Å². The van der Waals surface area contributed by atoms with Crippen molar-refractivity contribution < 1.29 is 22.7 Å². The van der Waals surface area contributed by atoms with Crippen LogP contribution in [-0.2, 0) is 14.6 Å². The van der Waals surface area contributed by atoms with E-state index in [0.717, 1.165) is 12.1 Å². The third-order valence-electron chi connectivity index (χ3n) is 7.72. The van der Waals surface area contributed by atoms with Crippen LogP contribution in [0.25, 0.3) is 0 Å². The molecule has 10 heteroatoms. The van der Waals surface area contributed by atoms with Crippen molar-refractivity contribution in [3.05, 3.63) is 47.2 Å². The van der Waals surface area contributed by atoms with Gasteiger partial charge < -0.3 is 14.5 Å². The minimum atomic E-state index is -3.71. The van der Waals surface area contributed by atoms with E-state index >= 15 is 0 Å². The van der Waals surface area contributed by atoms with E-state index in [-0.39, 0.29) is 22.5 Å². The van der Waals surface area contributed by atoms with Crippen LogP contribution >= 0.6 is 0 Å². The molecule has 4 aliphatic rings. The van der Waals surface area contributed by atoms with Crippen LogP contribution < -0.4 is 9.80 Å². The number of carbonyl (C=O) groups excluding carboxylic acids is 2. The number of amides is 2. The summed E-state index contributed by atoms with van der Waals surface area (Å²) in [7, 11) is -3.71. The van der Waals surface area contributed by atoms with Crippen LogP contribution in [0, 0.1) is 0 Å². The van der Waals surface area contributed by atoms with Gasteiger partial charge in [-0.05, 0) is 73.8 Å². The van der Waals surface area contributed by atoms with Gasteiger partial charge in [-0.15, -0.1) is 0 Å². The molecule has 0 bridgehead atoms. The number of sulfone groups is 1. The summed E-state index contributed by atoms with van der Waals surface area (Å²) in [4.78, 5) is 35.8. The van der Waals surface area contributed by atoms with Crippen molar-refractivity contribution in [2.24, 2.45) is 0 Å². The lowest BCUT2D eigenvalue weighted by Gasteiger charge is -2.36.